The van der Waals surface area contributed by atoms with Crippen LogP contribution in [0.2, 0.25) is 0 Å². The molecule has 0 radical (unpaired) electrons. The van der Waals surface area contributed by atoms with Gasteiger partial charge in [0.25, 0.3) is 0 Å². The molecule has 78 valence electrons. The second kappa shape index (κ2) is 4.31. The van der Waals surface area contributed by atoms with Crippen LogP contribution in [-0.4, -0.2) is 25.0 Å². The fourth-order valence-electron chi connectivity index (χ4n) is 2.57. The van der Waals surface area contributed by atoms with Crippen molar-refractivity contribution < 1.29 is 0 Å². The van der Waals surface area contributed by atoms with Crippen LogP contribution in [0.25, 0.3) is 0 Å². The van der Waals surface area contributed by atoms with Crippen LogP contribution in [0.1, 0.15) is 32.6 Å². The van der Waals surface area contributed by atoms with Crippen molar-refractivity contribution in [2.24, 2.45) is 5.92 Å². The molecule has 1 heterocycles. The Kier molecular flexibility index (Phi) is 3.07. The van der Waals surface area contributed by atoms with Crippen molar-refractivity contribution in [2.45, 2.75) is 32.6 Å². The van der Waals surface area contributed by atoms with Crippen molar-refractivity contribution in [3.63, 3.8) is 0 Å². The van der Waals surface area contributed by atoms with Gasteiger partial charge in [0.1, 0.15) is 0 Å². The number of nitrogens with zero attached hydrogens (tertiary/aromatic N) is 1. The standard InChI is InChI=1S/C13H21N/c1-11-5-7-12(8-6-11)13-4-3-9-14(2)10-13/h5,7,13H,3-4,6,8-10H2,1-2H3. The Balaban J connectivity index is 2.01. The molecule has 1 nitrogen and oxygen atoms in total. The van der Waals surface area contributed by atoms with Crippen molar-refractivity contribution >= 4 is 0 Å². The Morgan fingerprint density at radius 3 is 2.79 bits per heavy atom. The molecule has 0 saturated carbocycles. The minimum Gasteiger partial charge on any atom is -0.306 e. The third-order valence-electron chi connectivity index (χ3n) is 3.54. The average Bonchev–Trinajstić information content (AvgIpc) is 2.19. The highest BCUT2D eigenvalue weighted by atomic mass is 15.1. The fourth-order valence-corrected chi connectivity index (χ4v) is 2.57. The van der Waals surface area contributed by atoms with Gasteiger partial charge in [-0.1, -0.05) is 23.3 Å². The lowest BCUT2D eigenvalue weighted by atomic mass is 9.85. The smallest absolute Gasteiger partial charge is 0.00441 e. The molecule has 1 saturated heterocycles. The van der Waals surface area contributed by atoms with E-state index >= 15 is 0 Å². The van der Waals surface area contributed by atoms with E-state index in [1.165, 1.54) is 44.3 Å². The summed E-state index contributed by atoms with van der Waals surface area (Å²) in [6.07, 6.45) is 10.1. The van der Waals surface area contributed by atoms with Gasteiger partial charge in [0, 0.05) is 6.54 Å². The SMILES string of the molecule is CC1=CC=C(C2CCCN(C)C2)CC1. The monoisotopic (exact) mass is 191 g/mol. The van der Waals surface area contributed by atoms with Gasteiger partial charge in [-0.3, -0.25) is 0 Å². The maximum atomic E-state index is 2.47. The lowest BCUT2D eigenvalue weighted by Gasteiger charge is -2.32. The number of hydrogen-bond acceptors (Lipinski definition) is 1. The van der Waals surface area contributed by atoms with E-state index in [-0.39, 0.29) is 0 Å². The number of hydrogen-bond donors (Lipinski definition) is 0. The lowest BCUT2D eigenvalue weighted by molar-refractivity contribution is 0.228. The van der Waals surface area contributed by atoms with E-state index < -0.39 is 0 Å². The first kappa shape index (κ1) is 9.97. The van der Waals surface area contributed by atoms with Gasteiger partial charge in [-0.2, -0.15) is 0 Å². The molecule has 1 unspecified atom stereocenters. The highest BCUT2D eigenvalue weighted by molar-refractivity contribution is 5.24. The number of piperidine rings is 1. The van der Waals surface area contributed by atoms with Crippen LogP contribution in [0.3, 0.4) is 0 Å². The minimum atomic E-state index is 0.845. The lowest BCUT2D eigenvalue weighted by Crippen LogP contribution is -2.33. The van der Waals surface area contributed by atoms with Crippen molar-refractivity contribution in [1.82, 2.24) is 4.90 Å². The molecule has 2 aliphatic rings. The summed E-state index contributed by atoms with van der Waals surface area (Å²) in [6.45, 7) is 4.80. The molecular formula is C13H21N. The molecule has 0 aromatic rings. The molecule has 0 aromatic heterocycles. The van der Waals surface area contributed by atoms with Crippen LogP contribution < -0.4 is 0 Å². The summed E-state index contributed by atoms with van der Waals surface area (Å²) < 4.78 is 0. The van der Waals surface area contributed by atoms with E-state index in [9.17, 15) is 0 Å². The molecule has 0 amide bonds. The zero-order chi connectivity index (χ0) is 9.97. The summed E-state index contributed by atoms with van der Waals surface area (Å²) in [6, 6.07) is 0. The predicted molar refractivity (Wildman–Crippen MR) is 61.3 cm³/mol. The van der Waals surface area contributed by atoms with Gasteiger partial charge in [0.15, 0.2) is 0 Å². The maximum Gasteiger partial charge on any atom is 0.00441 e. The summed E-state index contributed by atoms with van der Waals surface area (Å²) in [7, 11) is 2.25. The zero-order valence-corrected chi connectivity index (χ0v) is 9.42. The Labute approximate surface area is 87.5 Å². The van der Waals surface area contributed by atoms with Gasteiger partial charge in [0.2, 0.25) is 0 Å². The third kappa shape index (κ3) is 2.27. The molecule has 0 aromatic carbocycles. The summed E-state index contributed by atoms with van der Waals surface area (Å²) in [4.78, 5) is 2.47. The van der Waals surface area contributed by atoms with Crippen LogP contribution >= 0.6 is 0 Å². The van der Waals surface area contributed by atoms with E-state index in [1.807, 2.05) is 0 Å². The Morgan fingerprint density at radius 2 is 2.14 bits per heavy atom. The first-order valence-corrected chi connectivity index (χ1v) is 5.80. The summed E-state index contributed by atoms with van der Waals surface area (Å²) in [5.41, 5.74) is 3.24. The number of rotatable bonds is 1. The van der Waals surface area contributed by atoms with Crippen LogP contribution in [0.15, 0.2) is 23.3 Å². The third-order valence-corrected chi connectivity index (χ3v) is 3.54. The van der Waals surface area contributed by atoms with E-state index in [1.54, 1.807) is 5.57 Å². The summed E-state index contributed by atoms with van der Waals surface area (Å²) >= 11 is 0. The van der Waals surface area contributed by atoms with Crippen LogP contribution in [0, 0.1) is 5.92 Å². The molecule has 0 N–H and O–H groups in total. The topological polar surface area (TPSA) is 3.24 Å². The first-order chi connectivity index (χ1) is 6.75. The largest absolute Gasteiger partial charge is 0.306 e. The second-order valence-corrected chi connectivity index (χ2v) is 4.86. The van der Waals surface area contributed by atoms with Crippen LogP contribution in [0.4, 0.5) is 0 Å². The molecular weight excluding hydrogens is 170 g/mol. The zero-order valence-electron chi connectivity index (χ0n) is 9.42. The predicted octanol–water partition coefficient (Wildman–Crippen LogP) is 2.99. The molecule has 2 rings (SSSR count). The van der Waals surface area contributed by atoms with Crippen LogP contribution in [-0.2, 0) is 0 Å². The Bertz CT molecular complexity index is 262. The van der Waals surface area contributed by atoms with Crippen molar-refractivity contribution in [3.05, 3.63) is 23.3 Å². The van der Waals surface area contributed by atoms with Gasteiger partial charge >= 0.3 is 0 Å². The highest BCUT2D eigenvalue weighted by Crippen LogP contribution is 2.29. The molecule has 1 atom stereocenters. The molecule has 14 heavy (non-hydrogen) atoms. The number of likely N-dealkylation sites (tertiary alicyclic amines) is 1. The van der Waals surface area contributed by atoms with E-state index in [0.717, 1.165) is 5.92 Å². The molecule has 0 bridgehead atoms. The van der Waals surface area contributed by atoms with Crippen molar-refractivity contribution in [1.29, 1.82) is 0 Å². The van der Waals surface area contributed by atoms with E-state index in [2.05, 4.69) is 31.0 Å². The fraction of sp³-hybridized carbons (Fsp3) is 0.692. The minimum absolute atomic E-state index is 0.845. The Morgan fingerprint density at radius 1 is 1.29 bits per heavy atom. The summed E-state index contributed by atoms with van der Waals surface area (Å²) in [5, 5.41) is 0. The van der Waals surface area contributed by atoms with E-state index in [0.29, 0.717) is 0 Å². The Hall–Kier alpha value is -0.560. The molecule has 1 aliphatic carbocycles. The van der Waals surface area contributed by atoms with Gasteiger partial charge in [0.05, 0.1) is 0 Å². The van der Waals surface area contributed by atoms with Gasteiger partial charge in [-0.15, -0.1) is 0 Å². The van der Waals surface area contributed by atoms with Gasteiger partial charge < -0.3 is 4.90 Å². The second-order valence-electron chi connectivity index (χ2n) is 4.86. The number of allylic oxidation sites excluding steroid dienone is 3. The summed E-state index contributed by atoms with van der Waals surface area (Å²) in [5.74, 6) is 0.845. The van der Waals surface area contributed by atoms with Crippen molar-refractivity contribution in [3.8, 4) is 0 Å². The molecule has 1 fully saturated rings. The maximum absolute atomic E-state index is 2.47. The quantitative estimate of drug-likeness (QED) is 0.616. The highest BCUT2D eigenvalue weighted by Gasteiger charge is 2.21. The molecule has 1 aliphatic heterocycles. The van der Waals surface area contributed by atoms with Gasteiger partial charge in [-0.25, -0.2) is 0 Å². The normalized spacial score (nSPS) is 29.7. The van der Waals surface area contributed by atoms with Crippen molar-refractivity contribution in [2.75, 3.05) is 20.1 Å². The van der Waals surface area contributed by atoms with Crippen LogP contribution in [0.5, 0.6) is 0 Å². The first-order valence-electron chi connectivity index (χ1n) is 5.80. The molecule has 1 heteroatoms. The molecule has 0 spiro atoms. The van der Waals surface area contributed by atoms with E-state index in [4.69, 9.17) is 0 Å². The average molecular weight is 191 g/mol. The van der Waals surface area contributed by atoms with Gasteiger partial charge in [-0.05, 0) is 52.1 Å².